The van der Waals surface area contributed by atoms with Crippen LogP contribution in [0.5, 0.6) is 0 Å². The van der Waals surface area contributed by atoms with E-state index in [1.54, 1.807) is 11.9 Å². The first-order valence-corrected chi connectivity index (χ1v) is 5.97. The van der Waals surface area contributed by atoms with Crippen molar-refractivity contribution in [2.24, 2.45) is 5.92 Å². The molecule has 0 aromatic heterocycles. The average molecular weight is 262 g/mol. The summed E-state index contributed by atoms with van der Waals surface area (Å²) in [4.78, 5) is 25.6. The molecule has 0 radical (unpaired) electrons. The number of carbonyl (C=O) groups is 2. The Balaban J connectivity index is 0.00000144. The molecule has 2 saturated heterocycles. The van der Waals surface area contributed by atoms with Crippen molar-refractivity contribution in [1.82, 2.24) is 15.5 Å². The molecular weight excluding hydrogens is 242 g/mol. The van der Waals surface area contributed by atoms with Crippen molar-refractivity contribution in [2.75, 3.05) is 26.7 Å². The quantitative estimate of drug-likeness (QED) is 0.721. The van der Waals surface area contributed by atoms with Gasteiger partial charge in [-0.15, -0.1) is 12.4 Å². The Kier molecular flexibility index (Phi) is 5.21. The number of hydrogen-bond donors (Lipinski definition) is 2. The molecule has 0 aromatic carbocycles. The number of carbonyl (C=O) groups excluding carboxylic acids is 2. The van der Waals surface area contributed by atoms with Crippen molar-refractivity contribution in [3.63, 3.8) is 0 Å². The van der Waals surface area contributed by atoms with Crippen molar-refractivity contribution in [2.45, 2.75) is 25.3 Å². The standard InChI is InChI=1S/C11H19N3O2.ClH/c1-12-10(15)9-3-2-6-14(9)11(16)8-4-5-13-7-8;/h8-9,13H,2-7H2,1H3,(H,12,15);1H. The van der Waals surface area contributed by atoms with E-state index >= 15 is 0 Å². The molecule has 2 N–H and O–H groups in total. The van der Waals surface area contributed by atoms with Gasteiger partial charge in [-0.25, -0.2) is 0 Å². The van der Waals surface area contributed by atoms with E-state index in [1.807, 2.05) is 0 Å². The van der Waals surface area contributed by atoms with Crippen LogP contribution in [0.25, 0.3) is 0 Å². The van der Waals surface area contributed by atoms with E-state index < -0.39 is 0 Å². The van der Waals surface area contributed by atoms with Crippen LogP contribution >= 0.6 is 12.4 Å². The second kappa shape index (κ2) is 6.21. The fraction of sp³-hybridized carbons (Fsp3) is 0.818. The van der Waals surface area contributed by atoms with Crippen LogP contribution in [0.15, 0.2) is 0 Å². The van der Waals surface area contributed by atoms with Gasteiger partial charge < -0.3 is 15.5 Å². The van der Waals surface area contributed by atoms with Crippen LogP contribution in [0.2, 0.25) is 0 Å². The van der Waals surface area contributed by atoms with E-state index in [2.05, 4.69) is 10.6 Å². The molecule has 98 valence electrons. The lowest BCUT2D eigenvalue weighted by atomic mass is 10.1. The van der Waals surface area contributed by atoms with Gasteiger partial charge in [0.1, 0.15) is 6.04 Å². The Morgan fingerprint density at radius 2 is 2.12 bits per heavy atom. The van der Waals surface area contributed by atoms with Crippen LogP contribution in [0.3, 0.4) is 0 Å². The van der Waals surface area contributed by atoms with Gasteiger partial charge in [-0.05, 0) is 25.8 Å². The molecule has 2 aliphatic heterocycles. The van der Waals surface area contributed by atoms with Crippen LogP contribution in [0, 0.1) is 5.92 Å². The van der Waals surface area contributed by atoms with E-state index in [0.29, 0.717) is 0 Å². The van der Waals surface area contributed by atoms with Crippen LogP contribution in [0.4, 0.5) is 0 Å². The Bertz CT molecular complexity index is 292. The maximum atomic E-state index is 12.2. The zero-order chi connectivity index (χ0) is 11.5. The summed E-state index contributed by atoms with van der Waals surface area (Å²) in [5, 5.41) is 5.82. The van der Waals surface area contributed by atoms with Gasteiger partial charge in [-0.3, -0.25) is 9.59 Å². The lowest BCUT2D eigenvalue weighted by Crippen LogP contribution is -2.47. The molecule has 2 atom stereocenters. The van der Waals surface area contributed by atoms with Gasteiger partial charge >= 0.3 is 0 Å². The Morgan fingerprint density at radius 1 is 1.35 bits per heavy atom. The summed E-state index contributed by atoms with van der Waals surface area (Å²) in [6, 6.07) is -0.238. The van der Waals surface area contributed by atoms with Crippen molar-refractivity contribution >= 4 is 24.2 Å². The number of likely N-dealkylation sites (tertiary alicyclic amines) is 1. The monoisotopic (exact) mass is 261 g/mol. The molecule has 0 saturated carbocycles. The minimum Gasteiger partial charge on any atom is -0.357 e. The van der Waals surface area contributed by atoms with E-state index in [-0.39, 0.29) is 36.2 Å². The van der Waals surface area contributed by atoms with E-state index in [1.165, 1.54) is 0 Å². The van der Waals surface area contributed by atoms with Crippen LogP contribution < -0.4 is 10.6 Å². The highest BCUT2D eigenvalue weighted by atomic mass is 35.5. The van der Waals surface area contributed by atoms with Gasteiger partial charge in [-0.1, -0.05) is 0 Å². The molecule has 0 aromatic rings. The minimum absolute atomic E-state index is 0. The first-order valence-electron chi connectivity index (χ1n) is 5.97. The highest BCUT2D eigenvalue weighted by Crippen LogP contribution is 2.22. The van der Waals surface area contributed by atoms with Crippen LogP contribution in [0.1, 0.15) is 19.3 Å². The maximum Gasteiger partial charge on any atom is 0.242 e. The van der Waals surface area contributed by atoms with Crippen LogP contribution in [-0.2, 0) is 9.59 Å². The second-order valence-corrected chi connectivity index (χ2v) is 4.49. The molecular formula is C11H20ClN3O2. The number of rotatable bonds is 2. The van der Waals surface area contributed by atoms with Gasteiger partial charge in [0.25, 0.3) is 0 Å². The number of halogens is 1. The summed E-state index contributed by atoms with van der Waals surface area (Å²) in [6.45, 7) is 2.40. The molecule has 2 rings (SSSR count). The smallest absolute Gasteiger partial charge is 0.242 e. The molecule has 5 nitrogen and oxygen atoms in total. The third-order valence-corrected chi connectivity index (χ3v) is 3.49. The predicted octanol–water partition coefficient (Wildman–Crippen LogP) is -0.245. The van der Waals surface area contributed by atoms with E-state index in [4.69, 9.17) is 0 Å². The number of likely N-dealkylation sites (N-methyl/N-ethyl adjacent to an activating group) is 1. The summed E-state index contributed by atoms with van der Waals surface area (Å²) in [6.07, 6.45) is 2.63. The molecule has 2 unspecified atom stereocenters. The van der Waals surface area contributed by atoms with Gasteiger partial charge in [0.15, 0.2) is 0 Å². The fourth-order valence-corrected chi connectivity index (χ4v) is 2.57. The summed E-state index contributed by atoms with van der Waals surface area (Å²) in [7, 11) is 1.63. The lowest BCUT2D eigenvalue weighted by molar-refractivity contribution is -0.141. The summed E-state index contributed by atoms with van der Waals surface area (Å²) < 4.78 is 0. The van der Waals surface area contributed by atoms with Crippen molar-refractivity contribution in [1.29, 1.82) is 0 Å². The number of hydrogen-bond acceptors (Lipinski definition) is 3. The number of nitrogens with zero attached hydrogens (tertiary/aromatic N) is 1. The predicted molar refractivity (Wildman–Crippen MR) is 67.0 cm³/mol. The highest BCUT2D eigenvalue weighted by Gasteiger charge is 2.37. The summed E-state index contributed by atoms with van der Waals surface area (Å²) >= 11 is 0. The molecule has 2 heterocycles. The Morgan fingerprint density at radius 3 is 2.71 bits per heavy atom. The number of amides is 2. The first kappa shape index (κ1) is 14.3. The first-order chi connectivity index (χ1) is 7.74. The Hall–Kier alpha value is -0.810. The lowest BCUT2D eigenvalue weighted by Gasteiger charge is -2.25. The van der Waals surface area contributed by atoms with Crippen LogP contribution in [-0.4, -0.2) is 49.4 Å². The largest absolute Gasteiger partial charge is 0.357 e. The maximum absolute atomic E-state index is 12.2. The molecule has 2 aliphatic rings. The summed E-state index contributed by atoms with van der Waals surface area (Å²) in [5.74, 6) is 0.193. The molecule has 2 amide bonds. The minimum atomic E-state index is -0.238. The summed E-state index contributed by atoms with van der Waals surface area (Å²) in [5.41, 5.74) is 0. The SMILES string of the molecule is CNC(=O)C1CCCN1C(=O)C1CCNC1.Cl. The third-order valence-electron chi connectivity index (χ3n) is 3.49. The number of nitrogens with one attached hydrogen (secondary N) is 2. The molecule has 0 aliphatic carbocycles. The molecule has 0 spiro atoms. The van der Waals surface area contributed by atoms with Crippen molar-refractivity contribution in [3.8, 4) is 0 Å². The molecule has 0 bridgehead atoms. The Labute approximate surface area is 108 Å². The van der Waals surface area contributed by atoms with E-state index in [9.17, 15) is 9.59 Å². The van der Waals surface area contributed by atoms with Gasteiger partial charge in [0.05, 0.1) is 5.92 Å². The zero-order valence-electron chi connectivity index (χ0n) is 10.1. The van der Waals surface area contributed by atoms with Gasteiger partial charge in [0.2, 0.25) is 11.8 Å². The topological polar surface area (TPSA) is 61.4 Å². The van der Waals surface area contributed by atoms with Gasteiger partial charge in [-0.2, -0.15) is 0 Å². The molecule has 6 heteroatoms. The van der Waals surface area contributed by atoms with Crippen molar-refractivity contribution < 1.29 is 9.59 Å². The van der Waals surface area contributed by atoms with E-state index in [0.717, 1.165) is 38.9 Å². The van der Waals surface area contributed by atoms with Gasteiger partial charge in [0, 0.05) is 20.1 Å². The second-order valence-electron chi connectivity index (χ2n) is 4.49. The highest BCUT2D eigenvalue weighted by molar-refractivity contribution is 5.89. The molecule has 2 fully saturated rings. The third kappa shape index (κ3) is 2.90. The fourth-order valence-electron chi connectivity index (χ4n) is 2.57. The zero-order valence-corrected chi connectivity index (χ0v) is 10.9. The van der Waals surface area contributed by atoms with Crippen molar-refractivity contribution in [3.05, 3.63) is 0 Å². The molecule has 17 heavy (non-hydrogen) atoms. The average Bonchev–Trinajstić information content (AvgIpc) is 2.97. The normalized spacial score (nSPS) is 27.7.